The molecule has 0 aliphatic rings. The van der Waals surface area contributed by atoms with Crippen LogP contribution in [0.3, 0.4) is 0 Å². The Bertz CT molecular complexity index is 592. The smallest absolute Gasteiger partial charge is 0.302 e. The molecule has 2 aromatic rings. The zero-order valence-electron chi connectivity index (χ0n) is 11.9. The highest BCUT2D eigenvalue weighted by Crippen LogP contribution is 2.32. The van der Waals surface area contributed by atoms with E-state index in [0.29, 0.717) is 12.1 Å². The quantitative estimate of drug-likeness (QED) is 0.917. The van der Waals surface area contributed by atoms with Crippen LogP contribution >= 0.6 is 0 Å². The number of nitrogens with one attached hydrogen (secondary N) is 1. The van der Waals surface area contributed by atoms with Crippen molar-refractivity contribution in [3.05, 3.63) is 65.5 Å². The van der Waals surface area contributed by atoms with Crippen LogP contribution < -0.4 is 5.32 Å². The van der Waals surface area contributed by atoms with Crippen molar-refractivity contribution in [2.45, 2.75) is 32.1 Å². The van der Waals surface area contributed by atoms with Gasteiger partial charge >= 0.3 is 6.18 Å². The van der Waals surface area contributed by atoms with Gasteiger partial charge in [0.2, 0.25) is 0 Å². The molecule has 0 unspecified atom stereocenters. The summed E-state index contributed by atoms with van der Waals surface area (Å²) in [5, 5.41) is 3.24. The molecule has 21 heavy (non-hydrogen) atoms. The third-order valence-corrected chi connectivity index (χ3v) is 3.35. The molecular weight excluding hydrogens is 277 g/mol. The van der Waals surface area contributed by atoms with Crippen LogP contribution in [0.1, 0.15) is 30.7 Å². The number of benzene rings is 1. The van der Waals surface area contributed by atoms with E-state index < -0.39 is 17.3 Å². The number of hydrogen-bond acceptors (Lipinski definition) is 2. The molecule has 5 heteroatoms. The third-order valence-electron chi connectivity index (χ3n) is 3.35. The maximum absolute atomic E-state index is 12.8. The summed E-state index contributed by atoms with van der Waals surface area (Å²) < 4.78 is 38.3. The Kier molecular flexibility index (Phi) is 4.32. The molecule has 2 rings (SSSR count). The van der Waals surface area contributed by atoms with E-state index in [1.54, 1.807) is 12.3 Å². The average molecular weight is 294 g/mol. The van der Waals surface area contributed by atoms with Crippen molar-refractivity contribution in [2.24, 2.45) is 0 Å². The first-order chi connectivity index (χ1) is 9.79. The first-order valence-corrected chi connectivity index (χ1v) is 6.62. The van der Waals surface area contributed by atoms with E-state index in [4.69, 9.17) is 0 Å². The Morgan fingerprint density at radius 2 is 1.71 bits per heavy atom. The van der Waals surface area contributed by atoms with E-state index in [1.807, 2.05) is 32.0 Å². The molecule has 0 saturated carbocycles. The van der Waals surface area contributed by atoms with Gasteiger partial charge in [-0.3, -0.25) is 4.98 Å². The van der Waals surface area contributed by atoms with Gasteiger partial charge in [0.15, 0.2) is 0 Å². The van der Waals surface area contributed by atoms with Crippen LogP contribution in [0.5, 0.6) is 0 Å². The predicted molar refractivity (Wildman–Crippen MR) is 75.5 cm³/mol. The second-order valence-corrected chi connectivity index (χ2v) is 5.38. The Morgan fingerprint density at radius 1 is 1.00 bits per heavy atom. The Labute approximate surface area is 122 Å². The molecule has 0 spiro atoms. The summed E-state index contributed by atoms with van der Waals surface area (Å²) in [6.07, 6.45) is -2.64. The molecule has 0 fully saturated rings. The molecule has 0 saturated heterocycles. The summed E-state index contributed by atoms with van der Waals surface area (Å²) in [5.41, 5.74) is 0.220. The number of halogens is 3. The number of nitrogens with zero attached hydrogens (tertiary/aromatic N) is 1. The van der Waals surface area contributed by atoms with Crippen molar-refractivity contribution >= 4 is 0 Å². The van der Waals surface area contributed by atoms with Gasteiger partial charge in [0.05, 0.1) is 11.3 Å². The van der Waals surface area contributed by atoms with Crippen molar-refractivity contribution in [3.8, 4) is 0 Å². The lowest BCUT2D eigenvalue weighted by atomic mass is 9.92. The van der Waals surface area contributed by atoms with Crippen molar-refractivity contribution in [2.75, 3.05) is 0 Å². The largest absolute Gasteiger partial charge is 0.416 e. The minimum absolute atomic E-state index is 0.490. The van der Waals surface area contributed by atoms with Gasteiger partial charge in [-0.2, -0.15) is 13.2 Å². The molecular formula is C16H17F3N2. The number of pyridine rings is 1. The summed E-state index contributed by atoms with van der Waals surface area (Å²) in [7, 11) is 0. The van der Waals surface area contributed by atoms with E-state index in [0.717, 1.165) is 11.8 Å². The summed E-state index contributed by atoms with van der Waals surface area (Å²) in [6.45, 7) is 4.20. The van der Waals surface area contributed by atoms with E-state index in [1.165, 1.54) is 12.1 Å². The van der Waals surface area contributed by atoms with Crippen LogP contribution in [-0.2, 0) is 18.3 Å². The van der Waals surface area contributed by atoms with Crippen LogP contribution in [0.4, 0.5) is 13.2 Å². The first kappa shape index (κ1) is 15.5. The molecule has 112 valence electrons. The predicted octanol–water partition coefficient (Wildman–Crippen LogP) is 4.13. The molecule has 1 heterocycles. The van der Waals surface area contributed by atoms with Crippen LogP contribution in [0.2, 0.25) is 0 Å². The fourth-order valence-electron chi connectivity index (χ4n) is 2.00. The molecule has 1 aromatic heterocycles. The summed E-state index contributed by atoms with van der Waals surface area (Å²) in [4.78, 5) is 4.19. The van der Waals surface area contributed by atoms with Gasteiger partial charge in [-0.15, -0.1) is 0 Å². The summed E-state index contributed by atoms with van der Waals surface area (Å²) in [6, 6.07) is 11.0. The van der Waals surface area contributed by atoms with Crippen LogP contribution in [0.25, 0.3) is 0 Å². The summed E-state index contributed by atoms with van der Waals surface area (Å²) in [5.74, 6) is 0. The number of rotatable bonds is 4. The number of aromatic nitrogens is 1. The normalized spacial score (nSPS) is 12.4. The highest BCUT2D eigenvalue weighted by atomic mass is 19.4. The lowest BCUT2D eigenvalue weighted by molar-refractivity contribution is -0.137. The molecule has 0 radical (unpaired) electrons. The van der Waals surface area contributed by atoms with E-state index >= 15 is 0 Å². The molecule has 2 nitrogen and oxygen atoms in total. The topological polar surface area (TPSA) is 24.9 Å². The van der Waals surface area contributed by atoms with Crippen LogP contribution in [0.15, 0.2) is 48.7 Å². The zero-order chi connectivity index (χ0) is 15.5. The van der Waals surface area contributed by atoms with Gasteiger partial charge in [-0.25, -0.2) is 0 Å². The fourth-order valence-corrected chi connectivity index (χ4v) is 2.00. The number of alkyl halides is 3. The van der Waals surface area contributed by atoms with E-state index in [2.05, 4.69) is 10.3 Å². The van der Waals surface area contributed by atoms with E-state index in [-0.39, 0.29) is 0 Å². The van der Waals surface area contributed by atoms with Gasteiger partial charge in [0.1, 0.15) is 0 Å². The maximum Gasteiger partial charge on any atom is 0.416 e. The van der Waals surface area contributed by atoms with Gasteiger partial charge in [-0.05, 0) is 43.7 Å². The van der Waals surface area contributed by atoms with Crippen molar-refractivity contribution in [1.82, 2.24) is 10.3 Å². The standard InChI is InChI=1S/C16H17F3N2/c1-15(2,21-11-14-8-3-4-9-20-14)12-6-5-7-13(10-12)16(17,18)19/h3-10,21H,11H2,1-2H3. The lowest BCUT2D eigenvalue weighted by Gasteiger charge is -2.27. The van der Waals surface area contributed by atoms with Gasteiger partial charge in [0.25, 0.3) is 0 Å². The molecule has 0 aliphatic heterocycles. The average Bonchev–Trinajstić information content (AvgIpc) is 2.46. The SMILES string of the molecule is CC(C)(NCc1ccccn1)c1cccc(C(F)(F)F)c1. The highest BCUT2D eigenvalue weighted by Gasteiger charge is 2.32. The van der Waals surface area contributed by atoms with Crippen molar-refractivity contribution < 1.29 is 13.2 Å². The number of hydrogen-bond donors (Lipinski definition) is 1. The van der Waals surface area contributed by atoms with Crippen LogP contribution in [-0.4, -0.2) is 4.98 Å². The first-order valence-electron chi connectivity index (χ1n) is 6.62. The molecule has 0 aliphatic carbocycles. The van der Waals surface area contributed by atoms with Gasteiger partial charge in [0, 0.05) is 18.3 Å². The molecule has 0 amide bonds. The van der Waals surface area contributed by atoms with E-state index in [9.17, 15) is 13.2 Å². The second kappa shape index (κ2) is 5.85. The molecule has 0 bridgehead atoms. The second-order valence-electron chi connectivity index (χ2n) is 5.38. The monoisotopic (exact) mass is 294 g/mol. The third kappa shape index (κ3) is 4.04. The Hall–Kier alpha value is -1.88. The molecule has 1 N–H and O–H groups in total. The summed E-state index contributed by atoms with van der Waals surface area (Å²) >= 11 is 0. The van der Waals surface area contributed by atoms with Gasteiger partial charge < -0.3 is 5.32 Å². The molecule has 0 atom stereocenters. The maximum atomic E-state index is 12.8. The Balaban J connectivity index is 2.15. The Morgan fingerprint density at radius 3 is 2.33 bits per heavy atom. The fraction of sp³-hybridized carbons (Fsp3) is 0.312. The van der Waals surface area contributed by atoms with Gasteiger partial charge in [-0.1, -0.05) is 18.2 Å². The minimum Gasteiger partial charge on any atom is -0.302 e. The van der Waals surface area contributed by atoms with Crippen molar-refractivity contribution in [3.63, 3.8) is 0 Å². The van der Waals surface area contributed by atoms with Crippen LogP contribution in [0, 0.1) is 0 Å². The lowest BCUT2D eigenvalue weighted by Crippen LogP contribution is -2.36. The highest BCUT2D eigenvalue weighted by molar-refractivity contribution is 5.30. The molecule has 1 aromatic carbocycles. The van der Waals surface area contributed by atoms with Crippen molar-refractivity contribution in [1.29, 1.82) is 0 Å². The zero-order valence-corrected chi connectivity index (χ0v) is 11.9. The minimum atomic E-state index is -4.33.